The fraction of sp³-hybridized carbons (Fsp3) is 0.654. The number of carbonyl (C=O) groups is 3. The number of nitrogens with zero attached hydrogens (tertiary/aromatic N) is 1. The van der Waals surface area contributed by atoms with E-state index in [1.54, 1.807) is 16.7 Å². The molecule has 3 fully saturated rings. The van der Waals surface area contributed by atoms with Gasteiger partial charge in [0.1, 0.15) is 6.04 Å². The molecule has 0 saturated carbocycles. The minimum absolute atomic E-state index is 0.0462. The van der Waals surface area contributed by atoms with Gasteiger partial charge in [-0.05, 0) is 69.6 Å². The Balaban J connectivity index is 1.64. The lowest BCUT2D eigenvalue weighted by Gasteiger charge is -2.34. The largest absolute Gasteiger partial charge is 0.396 e. The molecule has 3 aliphatic rings. The van der Waals surface area contributed by atoms with E-state index in [1.807, 2.05) is 39.0 Å². The molecule has 1 aromatic carbocycles. The molecule has 3 N–H and O–H groups in total. The molecule has 0 aliphatic carbocycles. The molecule has 0 aromatic heterocycles. The van der Waals surface area contributed by atoms with Crippen molar-refractivity contribution in [3.05, 3.63) is 29.3 Å². The van der Waals surface area contributed by atoms with Crippen molar-refractivity contribution in [2.45, 2.75) is 75.3 Å². The fourth-order valence-corrected chi connectivity index (χ4v) is 8.22. The number of thioether (sulfide) groups is 1. The van der Waals surface area contributed by atoms with Crippen LogP contribution in [0.5, 0.6) is 0 Å². The van der Waals surface area contributed by atoms with Gasteiger partial charge in [0, 0.05) is 30.6 Å². The summed E-state index contributed by atoms with van der Waals surface area (Å²) < 4.78 is -0.561. The summed E-state index contributed by atoms with van der Waals surface area (Å²) in [5, 5.41) is 15.4. The molecule has 3 amide bonds. The quantitative estimate of drug-likeness (QED) is 0.441. The van der Waals surface area contributed by atoms with Crippen LogP contribution in [0, 0.1) is 25.7 Å². The van der Waals surface area contributed by atoms with Gasteiger partial charge < -0.3 is 20.6 Å². The number of anilines is 1. The summed E-state index contributed by atoms with van der Waals surface area (Å²) in [6.45, 7) is 7.16. The summed E-state index contributed by atoms with van der Waals surface area (Å²) in [5.74, 6) is -1.10. The molecule has 7 nitrogen and oxygen atoms in total. The molecule has 3 aliphatic heterocycles. The lowest BCUT2D eigenvalue weighted by Crippen LogP contribution is -2.52. The molecule has 3 heterocycles. The molecule has 0 radical (unpaired) electrons. The van der Waals surface area contributed by atoms with Gasteiger partial charge in [-0.1, -0.05) is 19.1 Å². The zero-order valence-electron chi connectivity index (χ0n) is 20.4. The number of unbranched alkanes of at least 4 members (excludes halogenated alkanes) is 2. The van der Waals surface area contributed by atoms with Crippen LogP contribution >= 0.6 is 11.8 Å². The molecule has 186 valence electrons. The lowest BCUT2D eigenvalue weighted by molar-refractivity contribution is -0.139. The van der Waals surface area contributed by atoms with Gasteiger partial charge in [0.2, 0.25) is 17.7 Å². The van der Waals surface area contributed by atoms with Gasteiger partial charge in [0.15, 0.2) is 0 Å². The van der Waals surface area contributed by atoms with Crippen molar-refractivity contribution in [1.82, 2.24) is 10.2 Å². The number of benzene rings is 1. The molecule has 4 rings (SSSR count). The van der Waals surface area contributed by atoms with Crippen LogP contribution in [0.4, 0.5) is 5.69 Å². The highest BCUT2D eigenvalue weighted by Gasteiger charge is 2.73. The number of carbonyl (C=O) groups excluding carboxylic acids is 3. The first-order valence-corrected chi connectivity index (χ1v) is 13.5. The Morgan fingerprint density at radius 3 is 2.74 bits per heavy atom. The van der Waals surface area contributed by atoms with Crippen LogP contribution in [0.2, 0.25) is 0 Å². The van der Waals surface area contributed by atoms with Gasteiger partial charge in [-0.15, -0.1) is 11.8 Å². The third-order valence-corrected chi connectivity index (χ3v) is 9.56. The monoisotopic (exact) mass is 487 g/mol. The predicted octanol–water partition coefficient (Wildman–Crippen LogP) is 3.02. The summed E-state index contributed by atoms with van der Waals surface area (Å²) in [5.41, 5.74) is 2.81. The van der Waals surface area contributed by atoms with E-state index in [0.29, 0.717) is 19.5 Å². The maximum absolute atomic E-state index is 13.8. The predicted molar refractivity (Wildman–Crippen MR) is 135 cm³/mol. The zero-order valence-corrected chi connectivity index (χ0v) is 21.2. The molecular formula is C26H37N3O4S. The molecule has 3 saturated heterocycles. The zero-order chi connectivity index (χ0) is 24.5. The number of hydrogen-bond donors (Lipinski definition) is 3. The van der Waals surface area contributed by atoms with Crippen LogP contribution in [0.1, 0.15) is 56.6 Å². The highest BCUT2D eigenvalue weighted by molar-refractivity contribution is 8.02. The van der Waals surface area contributed by atoms with Gasteiger partial charge in [-0.2, -0.15) is 0 Å². The van der Waals surface area contributed by atoms with Crippen molar-refractivity contribution < 1.29 is 19.5 Å². The van der Waals surface area contributed by atoms with Crippen LogP contribution in [0.25, 0.3) is 0 Å². The Labute approximate surface area is 206 Å². The highest BCUT2D eigenvalue weighted by atomic mass is 32.2. The van der Waals surface area contributed by atoms with Crippen molar-refractivity contribution in [3.8, 4) is 0 Å². The van der Waals surface area contributed by atoms with Crippen molar-refractivity contribution in [3.63, 3.8) is 0 Å². The SMILES string of the molecule is CCCNC(=O)[C@@H]1[C@@H]2CCC3(S2)C(C(=O)Nc2cc(C)ccc2C)N(CCCCCO)C(=O)[C@H]13. The summed E-state index contributed by atoms with van der Waals surface area (Å²) in [4.78, 5) is 42.5. The number of aliphatic hydroxyl groups is 1. The van der Waals surface area contributed by atoms with Crippen LogP contribution < -0.4 is 10.6 Å². The third-order valence-electron chi connectivity index (χ3n) is 7.61. The first-order chi connectivity index (χ1) is 16.3. The van der Waals surface area contributed by atoms with Crippen molar-refractivity contribution in [2.24, 2.45) is 11.8 Å². The topological polar surface area (TPSA) is 98.7 Å². The lowest BCUT2D eigenvalue weighted by atomic mass is 9.70. The van der Waals surface area contributed by atoms with Gasteiger partial charge >= 0.3 is 0 Å². The van der Waals surface area contributed by atoms with Crippen LogP contribution in [0.3, 0.4) is 0 Å². The number of fused-ring (bicyclic) bond motifs is 1. The van der Waals surface area contributed by atoms with E-state index in [9.17, 15) is 14.4 Å². The molecule has 8 heteroatoms. The minimum Gasteiger partial charge on any atom is -0.396 e. The minimum atomic E-state index is -0.599. The van der Waals surface area contributed by atoms with Crippen molar-refractivity contribution in [1.29, 1.82) is 0 Å². The van der Waals surface area contributed by atoms with Gasteiger partial charge in [0.05, 0.1) is 16.6 Å². The first kappa shape index (κ1) is 25.0. The molecule has 1 spiro atoms. The van der Waals surface area contributed by atoms with E-state index in [2.05, 4.69) is 10.6 Å². The highest BCUT2D eigenvalue weighted by Crippen LogP contribution is 2.66. The molecule has 34 heavy (non-hydrogen) atoms. The smallest absolute Gasteiger partial charge is 0.248 e. The van der Waals surface area contributed by atoms with Gasteiger partial charge in [-0.3, -0.25) is 14.4 Å². The van der Waals surface area contributed by atoms with E-state index in [4.69, 9.17) is 5.11 Å². The number of aliphatic hydroxyl groups excluding tert-OH is 1. The molecule has 1 aromatic rings. The van der Waals surface area contributed by atoms with E-state index >= 15 is 0 Å². The average molecular weight is 488 g/mol. The normalized spacial score (nSPS) is 29.4. The molecule has 2 bridgehead atoms. The first-order valence-electron chi connectivity index (χ1n) is 12.6. The Morgan fingerprint density at radius 2 is 2.00 bits per heavy atom. The van der Waals surface area contributed by atoms with E-state index in [1.165, 1.54) is 0 Å². The maximum atomic E-state index is 13.8. The number of likely N-dealkylation sites (tertiary alicyclic amines) is 1. The Hall–Kier alpha value is -2.06. The van der Waals surface area contributed by atoms with Crippen LogP contribution in [-0.4, -0.2) is 63.5 Å². The number of nitrogens with one attached hydrogen (secondary N) is 2. The summed E-state index contributed by atoms with van der Waals surface area (Å²) in [6, 6.07) is 5.37. The van der Waals surface area contributed by atoms with Gasteiger partial charge in [-0.25, -0.2) is 0 Å². The molecular weight excluding hydrogens is 450 g/mol. The van der Waals surface area contributed by atoms with Crippen molar-refractivity contribution in [2.75, 3.05) is 25.0 Å². The van der Waals surface area contributed by atoms with Crippen LogP contribution in [0.15, 0.2) is 18.2 Å². The van der Waals surface area contributed by atoms with Crippen LogP contribution in [-0.2, 0) is 14.4 Å². The molecule has 2 unspecified atom stereocenters. The second kappa shape index (κ2) is 10.3. The Kier molecular flexibility index (Phi) is 7.57. The fourth-order valence-electron chi connectivity index (χ4n) is 6.00. The van der Waals surface area contributed by atoms with E-state index in [-0.39, 0.29) is 35.5 Å². The van der Waals surface area contributed by atoms with E-state index < -0.39 is 16.7 Å². The molecule has 5 atom stereocenters. The second-order valence-electron chi connectivity index (χ2n) is 9.97. The Bertz CT molecular complexity index is 954. The maximum Gasteiger partial charge on any atom is 0.248 e. The summed E-state index contributed by atoms with van der Waals surface area (Å²) >= 11 is 1.70. The number of aryl methyl sites for hydroxylation is 2. The number of amides is 3. The average Bonchev–Trinajstić information content (AvgIpc) is 3.45. The summed E-state index contributed by atoms with van der Waals surface area (Å²) in [6.07, 6.45) is 4.66. The van der Waals surface area contributed by atoms with E-state index in [0.717, 1.165) is 48.9 Å². The Morgan fingerprint density at radius 1 is 1.21 bits per heavy atom. The number of hydrogen-bond acceptors (Lipinski definition) is 5. The second-order valence-corrected chi connectivity index (χ2v) is 11.6. The third kappa shape index (κ3) is 4.35. The standard InChI is InChI=1S/C26H37N3O4S/c1-4-12-27-23(31)20-19-10-11-26(34-19)21(20)25(33)29(13-6-5-7-14-30)22(26)24(32)28-18-15-16(2)8-9-17(18)3/h8-9,15,19-22,30H,4-7,10-14H2,1-3H3,(H,27,31)(H,28,32)/t19-,20+,21-,22?,26?/m0/s1. The number of rotatable bonds is 10. The van der Waals surface area contributed by atoms with Gasteiger partial charge in [0.25, 0.3) is 0 Å². The van der Waals surface area contributed by atoms with Crippen molar-refractivity contribution >= 4 is 35.2 Å². The summed E-state index contributed by atoms with van der Waals surface area (Å²) in [7, 11) is 0.